The van der Waals surface area contributed by atoms with Crippen molar-refractivity contribution < 1.29 is 18.3 Å². The summed E-state index contributed by atoms with van der Waals surface area (Å²) in [6.45, 7) is 9.07. The molecule has 2 aliphatic heterocycles. The van der Waals surface area contributed by atoms with Gasteiger partial charge in [-0.25, -0.2) is 18.7 Å². The summed E-state index contributed by atoms with van der Waals surface area (Å²) in [7, 11) is 0. The lowest BCUT2D eigenvalue weighted by atomic mass is 9.97. The van der Waals surface area contributed by atoms with Crippen LogP contribution >= 0.6 is 11.6 Å². The molecule has 0 aromatic carbocycles. The molecule has 11 heteroatoms. The Balaban J connectivity index is 1.32. The fourth-order valence-corrected chi connectivity index (χ4v) is 4.85. The Morgan fingerprint density at radius 1 is 1.12 bits per heavy atom. The minimum atomic E-state index is -0.777. The number of amides is 1. The maximum absolute atomic E-state index is 14.0. The SMILES string of the molecule is CC1=CC(OCc2ncc(F)cc2F)=C(Cl)CN1c1cc(-c2ccnc(C3CN(C(=O)C(C)C)C3)n2)ncc1C. The Bertz CT molecular complexity index is 1520. The third kappa shape index (κ3) is 5.67. The first kappa shape index (κ1) is 27.6. The monoisotopic (exact) mass is 566 g/mol. The maximum Gasteiger partial charge on any atom is 0.225 e. The summed E-state index contributed by atoms with van der Waals surface area (Å²) in [5, 5.41) is 0.431. The topological polar surface area (TPSA) is 84.3 Å². The van der Waals surface area contributed by atoms with Gasteiger partial charge >= 0.3 is 0 Å². The van der Waals surface area contributed by atoms with Gasteiger partial charge in [-0.1, -0.05) is 25.4 Å². The van der Waals surface area contributed by atoms with Crippen molar-refractivity contribution in [2.24, 2.45) is 5.92 Å². The van der Waals surface area contributed by atoms with Crippen molar-refractivity contribution in [1.29, 1.82) is 0 Å². The summed E-state index contributed by atoms with van der Waals surface area (Å²) in [6, 6.07) is 4.55. The molecule has 0 radical (unpaired) electrons. The molecule has 3 aromatic rings. The lowest BCUT2D eigenvalue weighted by Gasteiger charge is -2.39. The fraction of sp³-hybridized carbons (Fsp3) is 0.345. The molecule has 0 saturated carbocycles. The summed E-state index contributed by atoms with van der Waals surface area (Å²) >= 11 is 6.59. The lowest BCUT2D eigenvalue weighted by Crippen LogP contribution is -2.50. The molecule has 5 rings (SSSR count). The molecule has 3 aromatic heterocycles. The minimum absolute atomic E-state index is 0.00757. The number of rotatable bonds is 7. The van der Waals surface area contributed by atoms with Crippen LogP contribution in [0.3, 0.4) is 0 Å². The number of carbonyl (C=O) groups excluding carboxylic acids is 1. The van der Waals surface area contributed by atoms with Crippen molar-refractivity contribution in [3.63, 3.8) is 0 Å². The molecule has 0 aliphatic carbocycles. The highest BCUT2D eigenvalue weighted by Crippen LogP contribution is 2.34. The van der Waals surface area contributed by atoms with Crippen LogP contribution in [-0.2, 0) is 16.1 Å². The van der Waals surface area contributed by atoms with Crippen molar-refractivity contribution >= 4 is 23.2 Å². The van der Waals surface area contributed by atoms with Crippen LogP contribution in [0.2, 0.25) is 0 Å². The average molecular weight is 567 g/mol. The van der Waals surface area contributed by atoms with Crippen molar-refractivity contribution in [3.05, 3.63) is 88.1 Å². The van der Waals surface area contributed by atoms with Crippen LogP contribution in [-0.4, -0.2) is 50.4 Å². The average Bonchev–Trinajstić information content (AvgIpc) is 2.89. The Kier molecular flexibility index (Phi) is 7.80. The number of hydrogen-bond acceptors (Lipinski definition) is 7. The third-order valence-electron chi connectivity index (χ3n) is 6.93. The van der Waals surface area contributed by atoms with Crippen molar-refractivity contribution in [1.82, 2.24) is 24.8 Å². The number of allylic oxidation sites excluding steroid dienone is 2. The molecule has 1 amide bonds. The van der Waals surface area contributed by atoms with E-state index in [9.17, 15) is 13.6 Å². The predicted molar refractivity (Wildman–Crippen MR) is 147 cm³/mol. The molecule has 0 N–H and O–H groups in total. The van der Waals surface area contributed by atoms with E-state index >= 15 is 0 Å². The summed E-state index contributed by atoms with van der Waals surface area (Å²) < 4.78 is 32.9. The van der Waals surface area contributed by atoms with Gasteiger partial charge in [0.05, 0.1) is 35.1 Å². The number of likely N-dealkylation sites (tertiary alicyclic amines) is 1. The van der Waals surface area contributed by atoms with Gasteiger partial charge in [0.15, 0.2) is 5.82 Å². The molecule has 0 atom stereocenters. The highest BCUT2D eigenvalue weighted by Gasteiger charge is 2.34. The van der Waals surface area contributed by atoms with E-state index in [0.29, 0.717) is 47.6 Å². The van der Waals surface area contributed by atoms with Crippen LogP contribution in [0, 0.1) is 24.5 Å². The summed E-state index contributed by atoms with van der Waals surface area (Å²) in [6.07, 6.45) is 6.23. The molecule has 1 fully saturated rings. The maximum atomic E-state index is 14.0. The molecule has 0 spiro atoms. The summed E-state index contributed by atoms with van der Waals surface area (Å²) in [5.41, 5.74) is 4.08. The second-order valence-electron chi connectivity index (χ2n) is 10.3. The zero-order chi connectivity index (χ0) is 28.6. The molecular weight excluding hydrogens is 538 g/mol. The molecule has 1 saturated heterocycles. The predicted octanol–water partition coefficient (Wildman–Crippen LogP) is 5.49. The van der Waals surface area contributed by atoms with E-state index in [1.807, 2.05) is 49.6 Å². The highest BCUT2D eigenvalue weighted by molar-refractivity contribution is 6.30. The van der Waals surface area contributed by atoms with Crippen LogP contribution in [0.15, 0.2) is 59.4 Å². The molecule has 0 unspecified atom stereocenters. The van der Waals surface area contributed by atoms with Crippen molar-refractivity contribution in [2.75, 3.05) is 24.5 Å². The van der Waals surface area contributed by atoms with Gasteiger partial charge in [0.2, 0.25) is 5.91 Å². The fourth-order valence-electron chi connectivity index (χ4n) is 4.62. The zero-order valence-electron chi connectivity index (χ0n) is 22.7. The number of anilines is 1. The number of aromatic nitrogens is 4. The summed E-state index contributed by atoms with van der Waals surface area (Å²) in [4.78, 5) is 33.7. The van der Waals surface area contributed by atoms with Crippen LogP contribution in [0.5, 0.6) is 0 Å². The zero-order valence-corrected chi connectivity index (χ0v) is 23.4. The van der Waals surface area contributed by atoms with Crippen molar-refractivity contribution in [3.8, 4) is 11.4 Å². The van der Waals surface area contributed by atoms with Crippen LogP contribution in [0.4, 0.5) is 14.5 Å². The molecular formula is C29H29ClF2N6O2. The van der Waals surface area contributed by atoms with E-state index in [0.717, 1.165) is 29.2 Å². The first-order valence-corrected chi connectivity index (χ1v) is 13.3. The second-order valence-corrected chi connectivity index (χ2v) is 10.7. The van der Waals surface area contributed by atoms with E-state index in [2.05, 4.69) is 15.0 Å². The first-order chi connectivity index (χ1) is 19.1. The van der Waals surface area contributed by atoms with Gasteiger partial charge in [-0.15, -0.1) is 0 Å². The molecule has 2 aliphatic rings. The van der Waals surface area contributed by atoms with Gasteiger partial charge in [-0.05, 0) is 31.5 Å². The van der Waals surface area contributed by atoms with Crippen LogP contribution in [0.25, 0.3) is 11.4 Å². The third-order valence-corrected chi connectivity index (χ3v) is 7.24. The van der Waals surface area contributed by atoms with Gasteiger partial charge < -0.3 is 14.5 Å². The van der Waals surface area contributed by atoms with Gasteiger partial charge in [0, 0.05) is 54.9 Å². The van der Waals surface area contributed by atoms with Crippen LogP contribution in [0.1, 0.15) is 43.8 Å². The number of carbonyl (C=O) groups is 1. The van der Waals surface area contributed by atoms with Gasteiger partial charge in [-0.3, -0.25) is 14.8 Å². The molecule has 208 valence electrons. The number of ether oxygens (including phenoxy) is 1. The Morgan fingerprint density at radius 3 is 2.62 bits per heavy atom. The first-order valence-electron chi connectivity index (χ1n) is 13.0. The molecule has 8 nitrogen and oxygen atoms in total. The van der Waals surface area contributed by atoms with Gasteiger partial charge in [0.25, 0.3) is 0 Å². The Labute approximate surface area is 236 Å². The number of pyridine rings is 2. The quantitative estimate of drug-likeness (QED) is 0.374. The Morgan fingerprint density at radius 2 is 1.90 bits per heavy atom. The van der Waals surface area contributed by atoms with E-state index in [4.69, 9.17) is 21.3 Å². The number of nitrogens with zero attached hydrogens (tertiary/aromatic N) is 6. The van der Waals surface area contributed by atoms with E-state index in [1.54, 1.807) is 18.5 Å². The molecule has 40 heavy (non-hydrogen) atoms. The lowest BCUT2D eigenvalue weighted by molar-refractivity contribution is -0.139. The van der Waals surface area contributed by atoms with Crippen LogP contribution < -0.4 is 4.90 Å². The number of aryl methyl sites for hydroxylation is 1. The largest absolute Gasteiger partial charge is 0.486 e. The number of halogens is 3. The van der Waals surface area contributed by atoms with Gasteiger partial charge in [-0.2, -0.15) is 0 Å². The highest BCUT2D eigenvalue weighted by atomic mass is 35.5. The summed E-state index contributed by atoms with van der Waals surface area (Å²) in [5.74, 6) is -0.219. The minimum Gasteiger partial charge on any atom is -0.486 e. The Hall–Kier alpha value is -3.92. The van der Waals surface area contributed by atoms with Gasteiger partial charge in [0.1, 0.15) is 29.7 Å². The second kappa shape index (κ2) is 11.3. The van der Waals surface area contributed by atoms with Crippen molar-refractivity contribution in [2.45, 2.75) is 40.2 Å². The van der Waals surface area contributed by atoms with E-state index in [1.165, 1.54) is 0 Å². The van der Waals surface area contributed by atoms with E-state index < -0.39 is 11.6 Å². The standard InChI is InChI=1S/C29H29ClF2N6O2/c1-16(2)29(39)37-12-19(13-37)28-33-6-5-23(36-28)24-9-26(17(3)10-34-24)38-14-21(30)27(7-18(38)4)40-15-25-22(32)8-20(31)11-35-25/h5-11,16,19H,12-15H2,1-4H3. The normalized spacial score (nSPS) is 15.8. The van der Waals surface area contributed by atoms with E-state index in [-0.39, 0.29) is 30.0 Å². The molecule has 0 bridgehead atoms. The number of hydrogen-bond donors (Lipinski definition) is 0. The molecule has 5 heterocycles. The smallest absolute Gasteiger partial charge is 0.225 e.